The van der Waals surface area contributed by atoms with Crippen molar-refractivity contribution in [1.82, 2.24) is 4.90 Å². The van der Waals surface area contributed by atoms with E-state index >= 15 is 0 Å². The second-order valence-electron chi connectivity index (χ2n) is 6.15. The summed E-state index contributed by atoms with van der Waals surface area (Å²) in [6, 6.07) is 2.45. The Balaban J connectivity index is 2.50. The number of hydrogen-bond acceptors (Lipinski definition) is 4. The summed E-state index contributed by atoms with van der Waals surface area (Å²) in [6.45, 7) is 0.298. The molecule has 2 rings (SSSR count). The van der Waals surface area contributed by atoms with E-state index in [1.54, 1.807) is 0 Å². The lowest BCUT2D eigenvalue weighted by Gasteiger charge is -2.35. The van der Waals surface area contributed by atoms with Crippen LogP contribution in [0.25, 0.3) is 0 Å². The Labute approximate surface area is 162 Å². The summed E-state index contributed by atoms with van der Waals surface area (Å²) in [5.74, 6) is 0.419. The molecular formula is C17H17F6N3OS. The minimum atomic E-state index is -4.91. The van der Waals surface area contributed by atoms with Gasteiger partial charge < -0.3 is 9.80 Å². The zero-order valence-corrected chi connectivity index (χ0v) is 15.6. The molecule has 0 radical (unpaired) electrons. The largest absolute Gasteiger partial charge is 0.417 e. The molecule has 11 heteroatoms. The molecule has 1 fully saturated rings. The Morgan fingerprint density at radius 3 is 2.46 bits per heavy atom. The van der Waals surface area contributed by atoms with Crippen molar-refractivity contribution in [1.29, 1.82) is 5.26 Å². The van der Waals surface area contributed by atoms with Gasteiger partial charge in [-0.05, 0) is 24.6 Å². The van der Waals surface area contributed by atoms with Crippen LogP contribution in [0.2, 0.25) is 0 Å². The van der Waals surface area contributed by atoms with Crippen LogP contribution in [0.15, 0.2) is 18.2 Å². The molecule has 1 aromatic rings. The van der Waals surface area contributed by atoms with Crippen molar-refractivity contribution in [2.45, 2.75) is 31.7 Å². The molecule has 1 aliphatic rings. The summed E-state index contributed by atoms with van der Waals surface area (Å²) in [6.07, 6.45) is -9.67. The molecule has 0 saturated carbocycles. The number of hydrogen-bond donors (Lipinski definition) is 0. The van der Waals surface area contributed by atoms with Crippen LogP contribution in [0, 0.1) is 11.3 Å². The number of benzene rings is 1. The molecule has 1 saturated heterocycles. The van der Waals surface area contributed by atoms with Crippen LogP contribution in [0.4, 0.5) is 32.0 Å². The molecule has 0 aromatic heterocycles. The molecule has 154 valence electrons. The molecule has 4 nitrogen and oxygen atoms in total. The van der Waals surface area contributed by atoms with E-state index in [-0.39, 0.29) is 6.42 Å². The molecule has 0 bridgehead atoms. The summed E-state index contributed by atoms with van der Waals surface area (Å²) >= 11 is 1.45. The normalized spacial score (nSPS) is 16.0. The molecular weight excluding hydrogens is 408 g/mol. The first-order valence-electron chi connectivity index (χ1n) is 8.29. The summed E-state index contributed by atoms with van der Waals surface area (Å²) < 4.78 is 79.2. The molecule has 1 aliphatic heterocycles. The maximum atomic E-state index is 13.2. The second kappa shape index (κ2) is 8.51. The Bertz CT molecular complexity index is 753. The third-order valence-corrected chi connectivity index (χ3v) is 5.19. The predicted molar refractivity (Wildman–Crippen MR) is 92.7 cm³/mol. The van der Waals surface area contributed by atoms with Gasteiger partial charge in [-0.15, -0.1) is 11.8 Å². The molecule has 28 heavy (non-hydrogen) atoms. The van der Waals surface area contributed by atoms with E-state index in [9.17, 15) is 31.1 Å². The number of carbonyl (C=O) groups excluding carboxylic acids is 1. The molecule has 0 N–H and O–H groups in total. The molecule has 0 aliphatic carbocycles. The molecule has 1 unspecified atom stereocenters. The standard InChI is InChI=1S/C17H17F6N3OS/c1-2-14(15(27)25-5-6-28-10-25)26(9-16(18,19)20)12-4-3-11(8-24)13(7-12)17(21,22)23/h3-4,7,14H,2,5-6,9-10H2,1H3. The average Bonchev–Trinajstić information content (AvgIpc) is 3.13. The zero-order chi connectivity index (χ0) is 21.1. The number of amides is 1. The van der Waals surface area contributed by atoms with Gasteiger partial charge in [0.2, 0.25) is 5.91 Å². The minimum Gasteiger partial charge on any atom is -0.350 e. The quantitative estimate of drug-likeness (QED) is 0.662. The first-order valence-corrected chi connectivity index (χ1v) is 9.44. The van der Waals surface area contributed by atoms with Gasteiger partial charge in [-0.25, -0.2) is 0 Å². The van der Waals surface area contributed by atoms with Crippen molar-refractivity contribution in [2.24, 2.45) is 0 Å². The van der Waals surface area contributed by atoms with Gasteiger partial charge in [-0.3, -0.25) is 4.79 Å². The van der Waals surface area contributed by atoms with E-state index in [0.29, 0.717) is 29.1 Å². The van der Waals surface area contributed by atoms with Crippen molar-refractivity contribution < 1.29 is 31.1 Å². The fourth-order valence-corrected chi connectivity index (χ4v) is 3.90. The monoisotopic (exact) mass is 425 g/mol. The van der Waals surface area contributed by atoms with Crippen molar-refractivity contribution in [3.8, 4) is 6.07 Å². The van der Waals surface area contributed by atoms with Crippen molar-refractivity contribution >= 4 is 23.4 Å². The summed E-state index contributed by atoms with van der Waals surface area (Å²) in [7, 11) is 0. The lowest BCUT2D eigenvalue weighted by Crippen LogP contribution is -2.51. The van der Waals surface area contributed by atoms with Crippen LogP contribution < -0.4 is 4.90 Å². The molecule has 1 heterocycles. The SMILES string of the molecule is CCC(C(=O)N1CCSC1)N(CC(F)(F)F)c1ccc(C#N)c(C(F)(F)F)c1. The van der Waals surface area contributed by atoms with Crippen LogP contribution in [-0.4, -0.2) is 47.7 Å². The van der Waals surface area contributed by atoms with E-state index in [4.69, 9.17) is 5.26 Å². The van der Waals surface area contributed by atoms with Gasteiger partial charge in [-0.2, -0.15) is 31.6 Å². The highest BCUT2D eigenvalue weighted by atomic mass is 32.2. The number of nitrogens with zero attached hydrogens (tertiary/aromatic N) is 3. The number of halogens is 6. The van der Waals surface area contributed by atoms with Gasteiger partial charge in [0.1, 0.15) is 12.6 Å². The summed E-state index contributed by atoms with van der Waals surface area (Å²) in [5, 5.41) is 8.88. The van der Waals surface area contributed by atoms with Gasteiger partial charge >= 0.3 is 12.4 Å². The smallest absolute Gasteiger partial charge is 0.350 e. The molecule has 0 spiro atoms. The lowest BCUT2D eigenvalue weighted by molar-refractivity contribution is -0.137. The van der Waals surface area contributed by atoms with E-state index in [2.05, 4.69) is 0 Å². The maximum Gasteiger partial charge on any atom is 0.417 e. The third kappa shape index (κ3) is 5.25. The molecule has 1 amide bonds. The summed E-state index contributed by atoms with van der Waals surface area (Å²) in [4.78, 5) is 14.8. The first-order chi connectivity index (χ1) is 13.0. The zero-order valence-electron chi connectivity index (χ0n) is 14.8. The average molecular weight is 425 g/mol. The Morgan fingerprint density at radius 2 is 2.00 bits per heavy atom. The Hall–Kier alpha value is -2.09. The van der Waals surface area contributed by atoms with Crippen LogP contribution >= 0.6 is 11.8 Å². The highest BCUT2D eigenvalue weighted by molar-refractivity contribution is 7.99. The number of nitriles is 1. The Morgan fingerprint density at radius 1 is 1.32 bits per heavy atom. The van der Waals surface area contributed by atoms with Gasteiger partial charge in [0.05, 0.1) is 23.1 Å². The van der Waals surface area contributed by atoms with Gasteiger partial charge in [0, 0.05) is 18.0 Å². The van der Waals surface area contributed by atoms with Gasteiger partial charge in [-0.1, -0.05) is 6.92 Å². The fraction of sp³-hybridized carbons (Fsp3) is 0.529. The van der Waals surface area contributed by atoms with E-state index in [0.717, 1.165) is 12.1 Å². The van der Waals surface area contributed by atoms with E-state index in [1.807, 2.05) is 0 Å². The fourth-order valence-electron chi connectivity index (χ4n) is 2.94. The highest BCUT2D eigenvalue weighted by Gasteiger charge is 2.40. The lowest BCUT2D eigenvalue weighted by atomic mass is 10.0. The highest BCUT2D eigenvalue weighted by Crippen LogP contribution is 2.36. The number of anilines is 1. The molecule has 1 aromatic carbocycles. The number of alkyl halides is 6. The van der Waals surface area contributed by atoms with E-state index in [1.165, 1.54) is 29.7 Å². The topological polar surface area (TPSA) is 47.3 Å². The molecule has 1 atom stereocenters. The maximum absolute atomic E-state index is 13.2. The van der Waals surface area contributed by atoms with Crippen molar-refractivity contribution in [3.63, 3.8) is 0 Å². The minimum absolute atomic E-state index is 0.0164. The number of rotatable bonds is 5. The predicted octanol–water partition coefficient (Wildman–Crippen LogP) is 4.26. The number of thioether (sulfide) groups is 1. The first kappa shape index (κ1) is 22.2. The van der Waals surface area contributed by atoms with Gasteiger partial charge in [0.15, 0.2) is 0 Å². The van der Waals surface area contributed by atoms with Gasteiger partial charge in [0.25, 0.3) is 0 Å². The number of carbonyl (C=O) groups is 1. The summed E-state index contributed by atoms with van der Waals surface area (Å²) in [5.41, 5.74) is -2.44. The second-order valence-corrected chi connectivity index (χ2v) is 7.22. The van der Waals surface area contributed by atoms with Crippen LogP contribution in [0.1, 0.15) is 24.5 Å². The van der Waals surface area contributed by atoms with Crippen molar-refractivity contribution in [3.05, 3.63) is 29.3 Å². The Kier molecular flexibility index (Phi) is 6.75. The van der Waals surface area contributed by atoms with Crippen LogP contribution in [-0.2, 0) is 11.0 Å². The van der Waals surface area contributed by atoms with Crippen LogP contribution in [0.3, 0.4) is 0 Å². The third-order valence-electron chi connectivity index (χ3n) is 4.22. The van der Waals surface area contributed by atoms with Crippen molar-refractivity contribution in [2.75, 3.05) is 29.6 Å². The van der Waals surface area contributed by atoms with Crippen LogP contribution in [0.5, 0.6) is 0 Å². The van der Waals surface area contributed by atoms with E-state index < -0.39 is 47.7 Å².